The number of nitrogens with zero attached hydrogens (tertiary/aromatic N) is 1. The fraction of sp³-hybridized carbons (Fsp3) is 0.364. The quantitative estimate of drug-likeness (QED) is 0.798. The Morgan fingerprint density at radius 2 is 1.89 bits per heavy atom. The summed E-state index contributed by atoms with van der Waals surface area (Å²) in [6, 6.07) is 14.4. The van der Waals surface area contributed by atoms with Crippen LogP contribution in [0.15, 0.2) is 54.6 Å². The van der Waals surface area contributed by atoms with E-state index in [9.17, 15) is 14.0 Å². The molecular weight excluding hydrogens is 359 g/mol. The number of benzene rings is 2. The molecule has 1 N–H and O–H groups in total. The van der Waals surface area contributed by atoms with Crippen molar-refractivity contribution in [3.8, 4) is 0 Å². The summed E-state index contributed by atoms with van der Waals surface area (Å²) in [6.45, 7) is 2.78. The fourth-order valence-corrected chi connectivity index (χ4v) is 3.40. The fourth-order valence-electron chi connectivity index (χ4n) is 3.40. The molecule has 0 aliphatic carbocycles. The Hall–Kier alpha value is -2.73. The van der Waals surface area contributed by atoms with Gasteiger partial charge in [-0.2, -0.15) is 0 Å². The second-order valence-corrected chi connectivity index (χ2v) is 6.97. The molecule has 2 amide bonds. The molecule has 28 heavy (non-hydrogen) atoms. The Labute approximate surface area is 164 Å². The zero-order chi connectivity index (χ0) is 19.9. The summed E-state index contributed by atoms with van der Waals surface area (Å²) in [5.41, 5.74) is 1.48. The number of carbonyl (C=O) groups is 2. The SMILES string of the molecule is CC(=O)N(Cc1ccc(F)cc1)[C@@H](C(=O)NC[C@H]1CCCO1)c1ccccc1. The van der Waals surface area contributed by atoms with Gasteiger partial charge in [-0.15, -0.1) is 0 Å². The van der Waals surface area contributed by atoms with Crippen LogP contribution in [0.2, 0.25) is 0 Å². The first-order chi connectivity index (χ1) is 13.5. The molecule has 1 saturated heterocycles. The normalized spacial score (nSPS) is 17.1. The van der Waals surface area contributed by atoms with E-state index < -0.39 is 6.04 Å². The van der Waals surface area contributed by atoms with Crippen LogP contribution in [0.25, 0.3) is 0 Å². The maximum Gasteiger partial charge on any atom is 0.247 e. The lowest BCUT2D eigenvalue weighted by molar-refractivity contribution is -0.140. The highest BCUT2D eigenvalue weighted by Gasteiger charge is 2.30. The molecule has 3 rings (SSSR count). The number of halogens is 1. The van der Waals surface area contributed by atoms with Gasteiger partial charge in [0.25, 0.3) is 0 Å². The smallest absolute Gasteiger partial charge is 0.247 e. The summed E-state index contributed by atoms with van der Waals surface area (Å²) >= 11 is 0. The molecular formula is C22H25FN2O3. The number of hydrogen-bond donors (Lipinski definition) is 1. The van der Waals surface area contributed by atoms with Crippen LogP contribution in [0.5, 0.6) is 0 Å². The Balaban J connectivity index is 1.82. The first-order valence-corrected chi connectivity index (χ1v) is 9.50. The molecule has 1 heterocycles. The standard InChI is InChI=1S/C22H25FN2O3/c1-16(26)25(15-17-9-11-19(23)12-10-17)21(18-6-3-2-4-7-18)22(27)24-14-20-8-5-13-28-20/h2-4,6-7,9-12,20-21H,5,8,13-15H2,1H3,(H,24,27)/t20-,21-/m1/s1. The second-order valence-electron chi connectivity index (χ2n) is 6.97. The van der Waals surface area contributed by atoms with Crippen LogP contribution in [-0.4, -0.2) is 36.0 Å². The Kier molecular flexibility index (Phi) is 6.76. The molecule has 5 nitrogen and oxygen atoms in total. The maximum absolute atomic E-state index is 13.2. The lowest BCUT2D eigenvalue weighted by Gasteiger charge is -2.31. The van der Waals surface area contributed by atoms with Gasteiger partial charge in [-0.25, -0.2) is 4.39 Å². The van der Waals surface area contributed by atoms with Crippen molar-refractivity contribution in [1.29, 1.82) is 0 Å². The molecule has 2 atom stereocenters. The predicted octanol–water partition coefficient (Wildman–Crippen LogP) is 3.21. The summed E-state index contributed by atoms with van der Waals surface area (Å²) in [5.74, 6) is -0.823. The third kappa shape index (κ3) is 5.16. The van der Waals surface area contributed by atoms with Gasteiger partial charge in [0.15, 0.2) is 0 Å². The molecule has 0 bridgehead atoms. The van der Waals surface area contributed by atoms with E-state index in [4.69, 9.17) is 4.74 Å². The molecule has 2 aromatic carbocycles. The van der Waals surface area contributed by atoms with Crippen LogP contribution in [0.3, 0.4) is 0 Å². The Morgan fingerprint density at radius 1 is 1.18 bits per heavy atom. The van der Waals surface area contributed by atoms with Crippen LogP contribution in [0, 0.1) is 5.82 Å². The number of hydrogen-bond acceptors (Lipinski definition) is 3. The van der Waals surface area contributed by atoms with Crippen LogP contribution < -0.4 is 5.32 Å². The third-order valence-electron chi connectivity index (χ3n) is 4.87. The molecule has 0 unspecified atom stereocenters. The lowest BCUT2D eigenvalue weighted by atomic mass is 10.0. The average molecular weight is 384 g/mol. The van der Waals surface area contributed by atoms with Crippen molar-refractivity contribution in [2.45, 2.75) is 38.5 Å². The van der Waals surface area contributed by atoms with Crippen molar-refractivity contribution in [2.24, 2.45) is 0 Å². The lowest BCUT2D eigenvalue weighted by Crippen LogP contribution is -2.44. The Morgan fingerprint density at radius 3 is 2.50 bits per heavy atom. The molecule has 0 spiro atoms. The third-order valence-corrected chi connectivity index (χ3v) is 4.87. The summed E-state index contributed by atoms with van der Waals surface area (Å²) in [4.78, 5) is 27.0. The number of amides is 2. The van der Waals surface area contributed by atoms with Crippen molar-refractivity contribution in [1.82, 2.24) is 10.2 Å². The van der Waals surface area contributed by atoms with Gasteiger partial charge in [0.1, 0.15) is 11.9 Å². The summed E-state index contributed by atoms with van der Waals surface area (Å²) in [6.07, 6.45) is 1.93. The van der Waals surface area contributed by atoms with E-state index in [1.54, 1.807) is 12.1 Å². The molecule has 148 valence electrons. The highest BCUT2D eigenvalue weighted by molar-refractivity contribution is 5.88. The van der Waals surface area contributed by atoms with Crippen LogP contribution in [0.4, 0.5) is 4.39 Å². The molecule has 1 aliphatic rings. The highest BCUT2D eigenvalue weighted by Crippen LogP contribution is 2.24. The topological polar surface area (TPSA) is 58.6 Å². The second kappa shape index (κ2) is 9.46. The molecule has 0 aromatic heterocycles. The molecule has 0 radical (unpaired) electrons. The van der Waals surface area contributed by atoms with Gasteiger partial charge >= 0.3 is 0 Å². The minimum atomic E-state index is -0.773. The van der Waals surface area contributed by atoms with E-state index in [2.05, 4.69) is 5.32 Å². The van der Waals surface area contributed by atoms with E-state index in [1.165, 1.54) is 24.0 Å². The van der Waals surface area contributed by atoms with Crippen molar-refractivity contribution in [3.05, 3.63) is 71.5 Å². The predicted molar refractivity (Wildman–Crippen MR) is 104 cm³/mol. The summed E-state index contributed by atoms with van der Waals surface area (Å²) in [5, 5.41) is 2.94. The van der Waals surface area contributed by atoms with E-state index in [1.807, 2.05) is 30.3 Å². The van der Waals surface area contributed by atoms with E-state index in [-0.39, 0.29) is 30.3 Å². The van der Waals surface area contributed by atoms with Gasteiger partial charge < -0.3 is 15.0 Å². The Bertz CT molecular complexity index is 789. The molecule has 2 aromatic rings. The van der Waals surface area contributed by atoms with Crippen LogP contribution >= 0.6 is 0 Å². The monoisotopic (exact) mass is 384 g/mol. The zero-order valence-electron chi connectivity index (χ0n) is 15.9. The van der Waals surface area contributed by atoms with E-state index in [0.717, 1.165) is 24.0 Å². The van der Waals surface area contributed by atoms with Gasteiger partial charge in [-0.05, 0) is 36.1 Å². The molecule has 1 aliphatic heterocycles. The number of nitrogens with one attached hydrogen (secondary N) is 1. The average Bonchev–Trinajstić information content (AvgIpc) is 3.22. The van der Waals surface area contributed by atoms with Gasteiger partial charge in [0, 0.05) is 26.6 Å². The molecule has 6 heteroatoms. The molecule has 1 fully saturated rings. The van der Waals surface area contributed by atoms with Gasteiger partial charge in [-0.1, -0.05) is 42.5 Å². The zero-order valence-corrected chi connectivity index (χ0v) is 15.9. The van der Waals surface area contributed by atoms with Crippen molar-refractivity contribution in [3.63, 3.8) is 0 Å². The number of carbonyl (C=O) groups excluding carboxylic acids is 2. The first kappa shape index (κ1) is 20.0. The first-order valence-electron chi connectivity index (χ1n) is 9.50. The minimum absolute atomic E-state index is 0.0169. The summed E-state index contributed by atoms with van der Waals surface area (Å²) < 4.78 is 18.8. The van der Waals surface area contributed by atoms with Gasteiger partial charge in [-0.3, -0.25) is 9.59 Å². The number of rotatable bonds is 7. The highest BCUT2D eigenvalue weighted by atomic mass is 19.1. The van der Waals surface area contributed by atoms with Crippen LogP contribution in [0.1, 0.15) is 36.9 Å². The van der Waals surface area contributed by atoms with Crippen molar-refractivity contribution < 1.29 is 18.7 Å². The summed E-state index contributed by atoms with van der Waals surface area (Å²) in [7, 11) is 0. The van der Waals surface area contributed by atoms with E-state index >= 15 is 0 Å². The molecule has 0 saturated carbocycles. The largest absolute Gasteiger partial charge is 0.376 e. The van der Waals surface area contributed by atoms with E-state index in [0.29, 0.717) is 13.2 Å². The van der Waals surface area contributed by atoms with Gasteiger partial charge in [0.2, 0.25) is 11.8 Å². The minimum Gasteiger partial charge on any atom is -0.376 e. The van der Waals surface area contributed by atoms with Crippen LogP contribution in [-0.2, 0) is 20.9 Å². The van der Waals surface area contributed by atoms with Crippen molar-refractivity contribution in [2.75, 3.05) is 13.2 Å². The van der Waals surface area contributed by atoms with Crippen molar-refractivity contribution >= 4 is 11.8 Å². The van der Waals surface area contributed by atoms with Gasteiger partial charge in [0.05, 0.1) is 6.10 Å². The number of ether oxygens (including phenoxy) is 1. The maximum atomic E-state index is 13.2.